The van der Waals surface area contributed by atoms with Crippen molar-refractivity contribution in [3.8, 4) is 11.4 Å². The van der Waals surface area contributed by atoms with E-state index < -0.39 is 6.04 Å². The molecular weight excluding hydrogens is 320 g/mol. The summed E-state index contributed by atoms with van der Waals surface area (Å²) in [4.78, 5) is 20.8. The van der Waals surface area contributed by atoms with E-state index in [2.05, 4.69) is 30.6 Å². The monoisotopic (exact) mass is 334 g/mol. The molecule has 1 amide bonds. The van der Waals surface area contributed by atoms with E-state index in [1.165, 1.54) is 0 Å². The molecule has 8 nitrogen and oxygen atoms in total. The molecular formula is C17H14N6O2. The van der Waals surface area contributed by atoms with Crippen molar-refractivity contribution >= 4 is 16.8 Å². The molecule has 2 N–H and O–H groups in total. The lowest BCUT2D eigenvalue weighted by Crippen LogP contribution is -2.27. The highest BCUT2D eigenvalue weighted by molar-refractivity contribution is 6.04. The minimum Gasteiger partial charge on any atom is -0.339 e. The fraction of sp³-hybridized carbons (Fsp3) is 0.118. The van der Waals surface area contributed by atoms with Crippen molar-refractivity contribution < 1.29 is 9.32 Å². The van der Waals surface area contributed by atoms with Crippen LogP contribution >= 0.6 is 0 Å². The summed E-state index contributed by atoms with van der Waals surface area (Å²) in [5, 5.41) is 14.4. The van der Waals surface area contributed by atoms with Gasteiger partial charge in [-0.15, -0.1) is 0 Å². The highest BCUT2D eigenvalue weighted by Crippen LogP contribution is 2.19. The zero-order valence-electron chi connectivity index (χ0n) is 13.3. The average Bonchev–Trinajstić information content (AvgIpc) is 3.30. The summed E-state index contributed by atoms with van der Waals surface area (Å²) in [5.41, 5.74) is 1.88. The van der Waals surface area contributed by atoms with Gasteiger partial charge in [0.1, 0.15) is 6.04 Å². The minimum absolute atomic E-state index is 0.312. The fourth-order valence-corrected chi connectivity index (χ4v) is 2.49. The number of amides is 1. The van der Waals surface area contributed by atoms with Crippen LogP contribution in [0.1, 0.15) is 29.3 Å². The van der Waals surface area contributed by atoms with Crippen molar-refractivity contribution in [1.82, 2.24) is 30.6 Å². The molecule has 1 atom stereocenters. The van der Waals surface area contributed by atoms with Crippen LogP contribution in [0.4, 0.5) is 0 Å². The lowest BCUT2D eigenvalue weighted by atomic mass is 10.2. The van der Waals surface area contributed by atoms with Gasteiger partial charge in [-0.1, -0.05) is 23.4 Å². The largest absolute Gasteiger partial charge is 0.339 e. The Morgan fingerprint density at radius 1 is 1.24 bits per heavy atom. The van der Waals surface area contributed by atoms with E-state index in [1.54, 1.807) is 25.4 Å². The third kappa shape index (κ3) is 2.85. The number of aromatic nitrogens is 5. The predicted octanol–water partition coefficient (Wildman–Crippen LogP) is 2.50. The second-order valence-corrected chi connectivity index (χ2v) is 5.51. The van der Waals surface area contributed by atoms with E-state index in [1.807, 2.05) is 30.3 Å². The molecule has 0 saturated heterocycles. The highest BCUT2D eigenvalue weighted by Gasteiger charge is 2.20. The number of carbonyl (C=O) groups is 1. The van der Waals surface area contributed by atoms with Crippen molar-refractivity contribution in [2.75, 3.05) is 0 Å². The van der Waals surface area contributed by atoms with Gasteiger partial charge in [-0.05, 0) is 25.1 Å². The quantitative estimate of drug-likeness (QED) is 0.593. The van der Waals surface area contributed by atoms with E-state index in [9.17, 15) is 4.79 Å². The Hall–Kier alpha value is -3.55. The third-order valence-electron chi connectivity index (χ3n) is 3.76. The molecule has 25 heavy (non-hydrogen) atoms. The van der Waals surface area contributed by atoms with Crippen LogP contribution in [0.3, 0.4) is 0 Å². The molecule has 4 aromatic rings. The zero-order valence-corrected chi connectivity index (χ0v) is 13.3. The van der Waals surface area contributed by atoms with E-state index in [0.29, 0.717) is 17.4 Å². The van der Waals surface area contributed by atoms with Gasteiger partial charge < -0.3 is 9.84 Å². The zero-order chi connectivity index (χ0) is 17.2. The summed E-state index contributed by atoms with van der Waals surface area (Å²) in [6.07, 6.45) is 3.31. The van der Waals surface area contributed by atoms with Gasteiger partial charge in [0, 0.05) is 23.3 Å². The average molecular weight is 334 g/mol. The molecule has 0 spiro atoms. The molecule has 0 aliphatic rings. The standard InChI is InChI=1S/C17H14N6O2/c1-10(17-20-15(23-25-17)11-5-4-8-18-9-11)19-16(24)14-12-6-2-3-7-13(12)21-22-14/h2-10H,1H3,(H,19,24)(H,21,22)/t10-/m0/s1. The molecule has 0 radical (unpaired) electrons. The Balaban J connectivity index is 1.53. The molecule has 4 rings (SSSR count). The van der Waals surface area contributed by atoms with Crippen LogP contribution in [0.5, 0.6) is 0 Å². The molecule has 1 aromatic carbocycles. The first-order valence-corrected chi connectivity index (χ1v) is 7.70. The first-order valence-electron chi connectivity index (χ1n) is 7.70. The number of carbonyl (C=O) groups excluding carboxylic acids is 1. The minimum atomic E-state index is -0.458. The van der Waals surface area contributed by atoms with Crippen LogP contribution in [0.15, 0.2) is 53.3 Å². The number of nitrogens with one attached hydrogen (secondary N) is 2. The van der Waals surface area contributed by atoms with E-state index in [-0.39, 0.29) is 5.91 Å². The number of benzene rings is 1. The summed E-state index contributed by atoms with van der Waals surface area (Å²) >= 11 is 0. The van der Waals surface area contributed by atoms with Gasteiger partial charge in [-0.25, -0.2) is 0 Å². The van der Waals surface area contributed by atoms with Gasteiger partial charge in [0.25, 0.3) is 5.91 Å². The second kappa shape index (κ2) is 6.16. The molecule has 0 aliphatic carbocycles. The lowest BCUT2D eigenvalue weighted by molar-refractivity contribution is 0.0929. The summed E-state index contributed by atoms with van der Waals surface area (Å²) in [6.45, 7) is 1.77. The number of H-pyrrole nitrogens is 1. The van der Waals surface area contributed by atoms with E-state index >= 15 is 0 Å². The Bertz CT molecular complexity index is 1020. The number of para-hydroxylation sites is 1. The predicted molar refractivity (Wildman–Crippen MR) is 89.5 cm³/mol. The van der Waals surface area contributed by atoms with Crippen LogP contribution in [-0.4, -0.2) is 31.2 Å². The molecule has 8 heteroatoms. The summed E-state index contributed by atoms with van der Waals surface area (Å²) < 4.78 is 5.25. The van der Waals surface area contributed by atoms with Crippen molar-refractivity contribution in [2.24, 2.45) is 0 Å². The number of fused-ring (bicyclic) bond motifs is 1. The molecule has 0 aliphatic heterocycles. The summed E-state index contributed by atoms with van der Waals surface area (Å²) in [6, 6.07) is 10.6. The molecule has 0 fully saturated rings. The number of hydrogen-bond acceptors (Lipinski definition) is 6. The maximum atomic E-state index is 12.5. The van der Waals surface area contributed by atoms with Crippen LogP contribution in [0, 0.1) is 0 Å². The highest BCUT2D eigenvalue weighted by atomic mass is 16.5. The second-order valence-electron chi connectivity index (χ2n) is 5.51. The Morgan fingerprint density at radius 2 is 2.12 bits per heavy atom. The summed E-state index contributed by atoms with van der Waals surface area (Å²) in [5.74, 6) is 0.424. The maximum absolute atomic E-state index is 12.5. The van der Waals surface area contributed by atoms with Gasteiger partial charge in [-0.2, -0.15) is 10.1 Å². The van der Waals surface area contributed by atoms with Crippen molar-refractivity contribution in [3.63, 3.8) is 0 Å². The molecule has 3 aromatic heterocycles. The molecule has 0 bridgehead atoms. The van der Waals surface area contributed by atoms with E-state index in [0.717, 1.165) is 16.5 Å². The van der Waals surface area contributed by atoms with Crippen LogP contribution in [-0.2, 0) is 0 Å². The normalized spacial score (nSPS) is 12.2. The molecule has 0 saturated carbocycles. The SMILES string of the molecule is C[C@H](NC(=O)c1n[nH]c2ccccc12)c1nc(-c2cccnc2)no1. The number of rotatable bonds is 4. The Kier molecular flexibility index (Phi) is 3.70. The van der Waals surface area contributed by atoms with Crippen LogP contribution < -0.4 is 5.32 Å². The Labute approximate surface area is 142 Å². The van der Waals surface area contributed by atoms with Gasteiger partial charge >= 0.3 is 0 Å². The number of hydrogen-bond donors (Lipinski definition) is 2. The number of pyridine rings is 1. The smallest absolute Gasteiger partial charge is 0.273 e. The van der Waals surface area contributed by atoms with Gasteiger partial charge in [0.2, 0.25) is 11.7 Å². The van der Waals surface area contributed by atoms with Crippen molar-refractivity contribution in [3.05, 3.63) is 60.4 Å². The number of nitrogens with zero attached hydrogens (tertiary/aromatic N) is 4. The first kappa shape index (κ1) is 15.0. The van der Waals surface area contributed by atoms with Crippen LogP contribution in [0.25, 0.3) is 22.3 Å². The van der Waals surface area contributed by atoms with Crippen molar-refractivity contribution in [2.45, 2.75) is 13.0 Å². The van der Waals surface area contributed by atoms with Gasteiger partial charge in [0.05, 0.1) is 5.52 Å². The molecule has 124 valence electrons. The molecule has 0 unspecified atom stereocenters. The first-order chi connectivity index (χ1) is 12.2. The molecule has 3 heterocycles. The van der Waals surface area contributed by atoms with Gasteiger partial charge in [0.15, 0.2) is 5.69 Å². The lowest BCUT2D eigenvalue weighted by Gasteiger charge is -2.08. The van der Waals surface area contributed by atoms with Crippen molar-refractivity contribution in [1.29, 1.82) is 0 Å². The van der Waals surface area contributed by atoms with E-state index in [4.69, 9.17) is 4.52 Å². The van der Waals surface area contributed by atoms with Crippen LogP contribution in [0.2, 0.25) is 0 Å². The maximum Gasteiger partial charge on any atom is 0.273 e. The Morgan fingerprint density at radius 3 is 2.96 bits per heavy atom. The topological polar surface area (TPSA) is 110 Å². The summed E-state index contributed by atoms with van der Waals surface area (Å²) in [7, 11) is 0. The fourth-order valence-electron chi connectivity index (χ4n) is 2.49. The third-order valence-corrected chi connectivity index (χ3v) is 3.76. The van der Waals surface area contributed by atoms with Gasteiger partial charge in [-0.3, -0.25) is 14.9 Å². The number of aromatic amines is 1.